The molecule has 0 spiro atoms. The van der Waals surface area contributed by atoms with Crippen LogP contribution in [0.4, 0.5) is 0 Å². The average Bonchev–Trinajstić information content (AvgIpc) is 1.58. The highest BCUT2D eigenvalue weighted by Gasteiger charge is 2.22. The van der Waals surface area contributed by atoms with Gasteiger partial charge in [-0.3, -0.25) is 0 Å². The average molecular weight is 212 g/mol. The molecule has 0 unspecified atom stereocenters. The summed E-state index contributed by atoms with van der Waals surface area (Å²) in [5.74, 6) is 0.789. The monoisotopic (exact) mass is 212 g/mol. The van der Waals surface area contributed by atoms with Gasteiger partial charge in [-0.1, -0.05) is 0 Å². The molecular formula is C4H9IN2. The predicted octanol–water partition coefficient (Wildman–Crippen LogP) is 0.227. The van der Waals surface area contributed by atoms with Gasteiger partial charge in [0.15, 0.2) is 0 Å². The maximum atomic E-state index is 5.37. The number of nitrogens with zero attached hydrogens (tertiary/aromatic N) is 1. The fourth-order valence-electron chi connectivity index (χ4n) is 0.656. The number of rotatable bonds is 1. The first-order valence-electron chi connectivity index (χ1n) is 2.43. The van der Waals surface area contributed by atoms with Gasteiger partial charge in [0, 0.05) is 36.0 Å². The molecule has 1 rings (SSSR count). The summed E-state index contributed by atoms with van der Waals surface area (Å²) in [6.45, 7) is 3.24. The first-order valence-corrected chi connectivity index (χ1v) is 3.40. The molecule has 1 aliphatic rings. The minimum Gasteiger partial charge on any atom is -0.330 e. The van der Waals surface area contributed by atoms with Gasteiger partial charge in [0.25, 0.3) is 0 Å². The van der Waals surface area contributed by atoms with Crippen LogP contribution in [0.2, 0.25) is 0 Å². The Kier molecular flexibility index (Phi) is 1.88. The topological polar surface area (TPSA) is 29.3 Å². The van der Waals surface area contributed by atoms with Gasteiger partial charge >= 0.3 is 0 Å². The van der Waals surface area contributed by atoms with Crippen molar-refractivity contribution in [2.75, 3.05) is 19.6 Å². The molecular weight excluding hydrogens is 203 g/mol. The molecule has 0 atom stereocenters. The van der Waals surface area contributed by atoms with Crippen LogP contribution in [0, 0.1) is 5.92 Å². The Morgan fingerprint density at radius 3 is 2.43 bits per heavy atom. The largest absolute Gasteiger partial charge is 0.330 e. The van der Waals surface area contributed by atoms with Crippen LogP contribution in [0.1, 0.15) is 0 Å². The lowest BCUT2D eigenvalue weighted by molar-refractivity contribution is 0.250. The molecule has 0 aromatic carbocycles. The Hall–Kier alpha value is 0.650. The minimum atomic E-state index is 0.789. The van der Waals surface area contributed by atoms with Crippen LogP contribution in [0.15, 0.2) is 0 Å². The Labute approximate surface area is 57.5 Å². The van der Waals surface area contributed by atoms with Crippen LogP contribution in [-0.4, -0.2) is 22.7 Å². The first-order chi connectivity index (χ1) is 3.33. The normalized spacial score (nSPS) is 24.9. The minimum absolute atomic E-state index is 0.789. The summed E-state index contributed by atoms with van der Waals surface area (Å²) in [6, 6.07) is 0. The van der Waals surface area contributed by atoms with Crippen LogP contribution in [0.25, 0.3) is 0 Å². The summed E-state index contributed by atoms with van der Waals surface area (Å²) in [4.78, 5) is 0. The molecule has 7 heavy (non-hydrogen) atoms. The highest BCUT2D eigenvalue weighted by molar-refractivity contribution is 14.1. The van der Waals surface area contributed by atoms with E-state index >= 15 is 0 Å². The molecule has 0 bridgehead atoms. The summed E-state index contributed by atoms with van der Waals surface area (Å²) in [5, 5.41) is 0. The molecule has 3 heteroatoms. The Morgan fingerprint density at radius 1 is 1.71 bits per heavy atom. The van der Waals surface area contributed by atoms with E-state index in [0.717, 1.165) is 12.5 Å². The summed E-state index contributed by atoms with van der Waals surface area (Å²) in [7, 11) is 0. The third kappa shape index (κ3) is 1.27. The van der Waals surface area contributed by atoms with Crippen LogP contribution < -0.4 is 5.73 Å². The standard InChI is InChI=1S/C4H9IN2/c5-7-2-4(1-6)3-7/h4H,1-3,6H2. The van der Waals surface area contributed by atoms with E-state index in [1.54, 1.807) is 0 Å². The molecule has 1 saturated heterocycles. The zero-order valence-electron chi connectivity index (χ0n) is 4.10. The number of nitrogens with two attached hydrogens (primary N) is 1. The van der Waals surface area contributed by atoms with Crippen molar-refractivity contribution in [2.45, 2.75) is 0 Å². The Balaban J connectivity index is 2.06. The van der Waals surface area contributed by atoms with E-state index in [9.17, 15) is 0 Å². The van der Waals surface area contributed by atoms with Gasteiger partial charge in [0.1, 0.15) is 0 Å². The molecule has 1 heterocycles. The molecule has 1 aliphatic heterocycles. The molecule has 2 nitrogen and oxygen atoms in total. The predicted molar refractivity (Wildman–Crippen MR) is 38.1 cm³/mol. The SMILES string of the molecule is NCC1CN(I)C1. The van der Waals surface area contributed by atoms with Crippen molar-refractivity contribution in [3.63, 3.8) is 0 Å². The summed E-state index contributed by atoms with van der Waals surface area (Å²) in [6.07, 6.45) is 0. The van der Waals surface area contributed by atoms with Crippen molar-refractivity contribution < 1.29 is 0 Å². The second-order valence-electron chi connectivity index (χ2n) is 1.93. The van der Waals surface area contributed by atoms with Crippen LogP contribution in [0.3, 0.4) is 0 Å². The number of hydrogen-bond donors (Lipinski definition) is 1. The molecule has 0 radical (unpaired) electrons. The molecule has 42 valence electrons. The van der Waals surface area contributed by atoms with E-state index in [-0.39, 0.29) is 0 Å². The molecule has 0 amide bonds. The summed E-state index contributed by atoms with van der Waals surface area (Å²) < 4.78 is 2.25. The molecule has 0 aliphatic carbocycles. The van der Waals surface area contributed by atoms with Crippen molar-refractivity contribution in [2.24, 2.45) is 11.7 Å². The third-order valence-corrected chi connectivity index (χ3v) is 2.03. The zero-order chi connectivity index (χ0) is 5.28. The Bertz CT molecular complexity index is 60.7. The third-order valence-electron chi connectivity index (χ3n) is 1.25. The number of hydrogen-bond acceptors (Lipinski definition) is 2. The van der Waals surface area contributed by atoms with Crippen molar-refractivity contribution in [3.05, 3.63) is 0 Å². The van der Waals surface area contributed by atoms with Gasteiger partial charge in [-0.05, 0) is 12.5 Å². The highest BCUT2D eigenvalue weighted by atomic mass is 127. The maximum Gasteiger partial charge on any atom is 0.0201 e. The molecule has 0 saturated carbocycles. The van der Waals surface area contributed by atoms with Crippen LogP contribution >= 0.6 is 22.9 Å². The van der Waals surface area contributed by atoms with Crippen molar-refractivity contribution >= 4 is 22.9 Å². The van der Waals surface area contributed by atoms with E-state index in [2.05, 4.69) is 26.0 Å². The molecule has 1 fully saturated rings. The second kappa shape index (κ2) is 2.28. The molecule has 2 N–H and O–H groups in total. The van der Waals surface area contributed by atoms with E-state index < -0.39 is 0 Å². The van der Waals surface area contributed by atoms with Gasteiger partial charge in [-0.15, -0.1) is 0 Å². The lowest BCUT2D eigenvalue weighted by Gasteiger charge is -2.32. The maximum absolute atomic E-state index is 5.37. The van der Waals surface area contributed by atoms with E-state index in [1.807, 2.05) is 0 Å². The van der Waals surface area contributed by atoms with Gasteiger partial charge in [0.2, 0.25) is 0 Å². The fraction of sp³-hybridized carbons (Fsp3) is 1.00. The Morgan fingerprint density at radius 2 is 2.29 bits per heavy atom. The fourth-order valence-corrected chi connectivity index (χ4v) is 1.77. The zero-order valence-corrected chi connectivity index (χ0v) is 6.26. The molecule has 0 aromatic rings. The highest BCUT2D eigenvalue weighted by Crippen LogP contribution is 2.17. The second-order valence-corrected chi connectivity index (χ2v) is 3.29. The lowest BCUT2D eigenvalue weighted by atomic mass is 10.1. The van der Waals surface area contributed by atoms with Gasteiger partial charge in [0.05, 0.1) is 0 Å². The van der Waals surface area contributed by atoms with Gasteiger partial charge < -0.3 is 5.73 Å². The van der Waals surface area contributed by atoms with Crippen LogP contribution in [0.5, 0.6) is 0 Å². The van der Waals surface area contributed by atoms with Crippen LogP contribution in [-0.2, 0) is 0 Å². The first kappa shape index (κ1) is 5.78. The summed E-state index contributed by atoms with van der Waals surface area (Å²) >= 11 is 2.31. The van der Waals surface area contributed by atoms with E-state index in [1.165, 1.54) is 13.1 Å². The summed E-state index contributed by atoms with van der Waals surface area (Å²) in [5.41, 5.74) is 5.37. The smallest absolute Gasteiger partial charge is 0.0201 e. The van der Waals surface area contributed by atoms with Crippen molar-refractivity contribution in [1.82, 2.24) is 3.11 Å². The van der Waals surface area contributed by atoms with E-state index in [0.29, 0.717) is 0 Å². The van der Waals surface area contributed by atoms with E-state index in [4.69, 9.17) is 5.73 Å². The van der Waals surface area contributed by atoms with Gasteiger partial charge in [-0.25, -0.2) is 3.11 Å². The lowest BCUT2D eigenvalue weighted by Crippen LogP contribution is -2.43. The molecule has 0 aromatic heterocycles. The van der Waals surface area contributed by atoms with Crippen molar-refractivity contribution in [3.8, 4) is 0 Å². The number of halogens is 1. The van der Waals surface area contributed by atoms with Crippen molar-refractivity contribution in [1.29, 1.82) is 0 Å². The van der Waals surface area contributed by atoms with Gasteiger partial charge in [-0.2, -0.15) is 0 Å². The quantitative estimate of drug-likeness (QED) is 0.497.